The second-order valence-corrected chi connectivity index (χ2v) is 13.0. The standard InChI is InChI=1S/C10H16N2O4S.C6H8N2O3S.C6H9NO3S/c1-7-5-9(12)10(6-8(7)11)16-3-2-4-17(13,14)15;7-4-1-2-5(8)6(3-4)12(9,10)11;7-5-1-3-6(4-2-5)11(8,9)10/h5-6H,2-4,11-12H2,1H3,(H,13,14,15);1-3H,7-8H2,(H,9,10,11);1-3,6H,4,7H2,(H,8,9,10). The van der Waals surface area contributed by atoms with Crippen LogP contribution in [0.1, 0.15) is 18.4 Å². The maximum atomic E-state index is 10.6. The van der Waals surface area contributed by atoms with Crippen LogP contribution in [-0.4, -0.2) is 56.5 Å². The zero-order chi connectivity index (χ0) is 30.9. The van der Waals surface area contributed by atoms with Crippen LogP contribution < -0.4 is 33.4 Å². The van der Waals surface area contributed by atoms with E-state index >= 15 is 0 Å². The van der Waals surface area contributed by atoms with Crippen molar-refractivity contribution in [1.29, 1.82) is 0 Å². The van der Waals surface area contributed by atoms with Crippen LogP contribution in [0.25, 0.3) is 0 Å². The van der Waals surface area contributed by atoms with Crippen LogP contribution in [0.4, 0.5) is 22.7 Å². The number of nitrogen functional groups attached to an aromatic ring is 4. The lowest BCUT2D eigenvalue weighted by Crippen LogP contribution is -2.19. The third-order valence-electron chi connectivity index (χ3n) is 4.99. The maximum absolute atomic E-state index is 10.6. The third kappa shape index (κ3) is 12.5. The molecule has 0 saturated carbocycles. The van der Waals surface area contributed by atoms with Crippen molar-refractivity contribution in [2.75, 3.05) is 35.3 Å². The molecular weight excluding hydrogens is 590 g/mol. The van der Waals surface area contributed by atoms with Gasteiger partial charge in [0.25, 0.3) is 30.4 Å². The normalized spacial score (nSPS) is 15.1. The molecule has 0 heterocycles. The summed E-state index contributed by atoms with van der Waals surface area (Å²) in [6.07, 6.45) is 4.86. The number of ether oxygens (including phenoxy) is 1. The topological polar surface area (TPSA) is 302 Å². The van der Waals surface area contributed by atoms with Crippen LogP contribution in [0.15, 0.2) is 59.2 Å². The first kappa shape index (κ1) is 34.5. The van der Waals surface area contributed by atoms with E-state index in [2.05, 4.69) is 0 Å². The van der Waals surface area contributed by atoms with Gasteiger partial charge in [0.15, 0.2) is 0 Å². The second-order valence-electron chi connectivity index (χ2n) is 8.36. The molecule has 0 bridgehead atoms. The van der Waals surface area contributed by atoms with Crippen LogP contribution in [0.5, 0.6) is 5.75 Å². The molecule has 0 aromatic heterocycles. The van der Waals surface area contributed by atoms with Gasteiger partial charge in [-0.15, -0.1) is 0 Å². The molecule has 40 heavy (non-hydrogen) atoms. The summed E-state index contributed by atoms with van der Waals surface area (Å²) in [4.78, 5) is -0.359. The quantitative estimate of drug-likeness (QED) is 0.121. The monoisotopic (exact) mass is 623 g/mol. The Bertz CT molecular complexity index is 1570. The van der Waals surface area contributed by atoms with E-state index in [1.165, 1.54) is 24.3 Å². The number of aryl methyl sites for hydroxylation is 1. The number of benzene rings is 2. The molecule has 1 aliphatic carbocycles. The maximum Gasteiger partial charge on any atom is 0.296 e. The van der Waals surface area contributed by atoms with E-state index in [-0.39, 0.29) is 41.5 Å². The zero-order valence-corrected chi connectivity index (χ0v) is 23.8. The SMILES string of the molecule is Cc1cc(N)c(OCCCS(=O)(=O)O)cc1N.NC1=CCC(S(=O)(=O)O)C=C1.Nc1ccc(N)c(S(=O)(=O)O)c1. The van der Waals surface area contributed by atoms with Gasteiger partial charge in [-0.2, -0.15) is 25.3 Å². The van der Waals surface area contributed by atoms with Crippen molar-refractivity contribution < 1.29 is 43.6 Å². The minimum absolute atomic E-state index is 0.0216. The first-order chi connectivity index (χ1) is 18.2. The zero-order valence-electron chi connectivity index (χ0n) is 21.3. The first-order valence-corrected chi connectivity index (χ1v) is 15.7. The molecule has 0 saturated heterocycles. The Morgan fingerprint density at radius 1 is 0.875 bits per heavy atom. The third-order valence-corrected chi connectivity index (χ3v) is 7.82. The number of nitrogens with two attached hydrogens (primary N) is 5. The highest BCUT2D eigenvalue weighted by molar-refractivity contribution is 7.86. The van der Waals surface area contributed by atoms with E-state index in [4.69, 9.17) is 47.1 Å². The molecule has 13 N–H and O–H groups in total. The molecule has 0 radical (unpaired) electrons. The van der Waals surface area contributed by atoms with Crippen molar-refractivity contribution in [3.8, 4) is 5.75 Å². The Balaban J connectivity index is 0.000000309. The van der Waals surface area contributed by atoms with Gasteiger partial charge in [0, 0.05) is 23.1 Å². The number of rotatable bonds is 7. The van der Waals surface area contributed by atoms with Crippen molar-refractivity contribution in [1.82, 2.24) is 0 Å². The van der Waals surface area contributed by atoms with E-state index in [0.29, 0.717) is 22.8 Å². The highest BCUT2D eigenvalue weighted by Gasteiger charge is 2.20. The highest BCUT2D eigenvalue weighted by atomic mass is 32.2. The molecule has 18 heteroatoms. The van der Waals surface area contributed by atoms with E-state index < -0.39 is 35.6 Å². The van der Waals surface area contributed by atoms with E-state index in [1.54, 1.807) is 18.2 Å². The fraction of sp³-hybridized carbons (Fsp3) is 0.273. The Morgan fingerprint density at radius 3 is 1.98 bits per heavy atom. The average Bonchev–Trinajstić information content (AvgIpc) is 2.81. The van der Waals surface area contributed by atoms with Crippen molar-refractivity contribution in [2.45, 2.75) is 29.9 Å². The van der Waals surface area contributed by atoms with E-state index in [1.807, 2.05) is 6.92 Å². The van der Waals surface area contributed by atoms with Gasteiger partial charge >= 0.3 is 0 Å². The summed E-state index contributed by atoms with van der Waals surface area (Å²) in [7, 11) is -12.1. The van der Waals surface area contributed by atoms with Gasteiger partial charge in [0.2, 0.25) is 0 Å². The van der Waals surface area contributed by atoms with Crippen molar-refractivity contribution in [3.63, 3.8) is 0 Å². The lowest BCUT2D eigenvalue weighted by molar-refractivity contribution is 0.318. The molecule has 15 nitrogen and oxygen atoms in total. The highest BCUT2D eigenvalue weighted by Crippen LogP contribution is 2.27. The average molecular weight is 624 g/mol. The molecule has 3 rings (SSSR count). The minimum atomic E-state index is -4.26. The number of anilines is 4. The fourth-order valence-electron chi connectivity index (χ4n) is 2.89. The molecule has 0 fully saturated rings. The van der Waals surface area contributed by atoms with Gasteiger partial charge in [-0.25, -0.2) is 0 Å². The summed E-state index contributed by atoms with van der Waals surface area (Å²) < 4.78 is 94.3. The second kappa shape index (κ2) is 14.2. The molecular formula is C22H33N5O10S3. The molecule has 0 aliphatic heterocycles. The predicted octanol–water partition coefficient (Wildman–Crippen LogP) is 0.959. The summed E-state index contributed by atoms with van der Waals surface area (Å²) in [6.45, 7) is 1.97. The van der Waals surface area contributed by atoms with Crippen LogP contribution in [0.2, 0.25) is 0 Å². The fourth-order valence-corrected chi connectivity index (χ4v) is 4.64. The van der Waals surface area contributed by atoms with Gasteiger partial charge in [0.05, 0.1) is 23.7 Å². The van der Waals surface area contributed by atoms with Crippen molar-refractivity contribution >= 4 is 53.1 Å². The van der Waals surface area contributed by atoms with E-state index in [0.717, 1.165) is 11.6 Å². The predicted molar refractivity (Wildman–Crippen MR) is 153 cm³/mol. The van der Waals surface area contributed by atoms with Crippen LogP contribution in [0, 0.1) is 6.92 Å². The molecule has 0 spiro atoms. The van der Waals surface area contributed by atoms with Crippen LogP contribution in [-0.2, 0) is 30.4 Å². The molecule has 1 unspecified atom stereocenters. The van der Waals surface area contributed by atoms with Crippen LogP contribution >= 0.6 is 0 Å². The Morgan fingerprint density at radius 2 is 1.50 bits per heavy atom. The Kier molecular flexibility index (Phi) is 12.2. The summed E-state index contributed by atoms with van der Waals surface area (Å²) in [5.41, 5.74) is 29.9. The number of hydrogen-bond acceptors (Lipinski definition) is 12. The molecule has 1 atom stereocenters. The molecule has 0 amide bonds. The minimum Gasteiger partial charge on any atom is -0.491 e. The van der Waals surface area contributed by atoms with Crippen molar-refractivity contribution in [2.24, 2.45) is 5.73 Å². The van der Waals surface area contributed by atoms with E-state index in [9.17, 15) is 25.3 Å². The smallest absolute Gasteiger partial charge is 0.296 e. The summed E-state index contributed by atoms with van der Waals surface area (Å²) in [6, 6.07) is 7.15. The molecule has 2 aromatic rings. The summed E-state index contributed by atoms with van der Waals surface area (Å²) >= 11 is 0. The number of allylic oxidation sites excluding steroid dienone is 2. The van der Waals surface area contributed by atoms with Gasteiger partial charge in [-0.05, 0) is 55.7 Å². The first-order valence-electron chi connectivity index (χ1n) is 11.2. The largest absolute Gasteiger partial charge is 0.491 e. The molecule has 2 aromatic carbocycles. The Labute approximate surface area is 232 Å². The van der Waals surface area contributed by atoms with Gasteiger partial charge in [0.1, 0.15) is 15.9 Å². The molecule has 224 valence electrons. The summed E-state index contributed by atoms with van der Waals surface area (Å²) in [5.74, 6) is 0.0808. The number of hydrogen-bond donors (Lipinski definition) is 8. The Hall–Kier alpha value is -3.55. The van der Waals surface area contributed by atoms with Crippen LogP contribution in [0.3, 0.4) is 0 Å². The lowest BCUT2D eigenvalue weighted by atomic mass is 10.1. The van der Waals surface area contributed by atoms with Crippen molar-refractivity contribution in [3.05, 3.63) is 59.8 Å². The van der Waals surface area contributed by atoms with Gasteiger partial charge in [-0.3, -0.25) is 13.7 Å². The van der Waals surface area contributed by atoms with Gasteiger partial charge in [-0.1, -0.05) is 12.2 Å². The lowest BCUT2D eigenvalue weighted by Gasteiger charge is -2.10. The van der Waals surface area contributed by atoms with Gasteiger partial charge < -0.3 is 33.4 Å². The molecule has 1 aliphatic rings. The summed E-state index contributed by atoms with van der Waals surface area (Å²) in [5, 5.41) is -0.824.